The first-order valence-electron chi connectivity index (χ1n) is 8.66. The lowest BCUT2D eigenvalue weighted by molar-refractivity contribution is -0.135. The zero-order valence-electron chi connectivity index (χ0n) is 14.1. The zero-order chi connectivity index (χ0) is 16.9. The molecule has 128 valence electrons. The number of hydrogen-bond acceptors (Lipinski definition) is 3. The van der Waals surface area contributed by atoms with Crippen LogP contribution in [0.2, 0.25) is 0 Å². The molecular weight excluding hydrogens is 304 g/mol. The minimum Gasteiger partial charge on any atom is -0.493 e. The van der Waals surface area contributed by atoms with Crippen molar-refractivity contribution in [2.24, 2.45) is 0 Å². The van der Waals surface area contributed by atoms with Crippen molar-refractivity contribution in [1.82, 2.24) is 10.2 Å². The molecule has 1 N–H and O–H groups in total. The van der Waals surface area contributed by atoms with Gasteiger partial charge >= 0.3 is 0 Å². The molecule has 0 unspecified atom stereocenters. The molecule has 1 saturated heterocycles. The van der Waals surface area contributed by atoms with Crippen LogP contribution in [0.1, 0.15) is 37.3 Å². The Bertz CT molecular complexity index is 648. The maximum Gasteiger partial charge on any atom is 0.244 e. The Morgan fingerprint density at radius 3 is 2.83 bits per heavy atom. The van der Waals surface area contributed by atoms with Crippen LogP contribution in [0.5, 0.6) is 5.75 Å². The number of benzene rings is 1. The third kappa shape index (κ3) is 3.96. The summed E-state index contributed by atoms with van der Waals surface area (Å²) in [5, 5.41) is 2.76. The van der Waals surface area contributed by atoms with E-state index in [1.165, 1.54) is 18.1 Å². The summed E-state index contributed by atoms with van der Waals surface area (Å²) >= 11 is 0. The summed E-state index contributed by atoms with van der Waals surface area (Å²) in [7, 11) is 0. The van der Waals surface area contributed by atoms with Gasteiger partial charge in [0, 0.05) is 25.6 Å². The highest BCUT2D eigenvalue weighted by atomic mass is 16.5. The smallest absolute Gasteiger partial charge is 0.244 e. The number of ether oxygens (including phenoxy) is 1. The van der Waals surface area contributed by atoms with Crippen LogP contribution in [0.25, 0.3) is 6.08 Å². The Hall–Kier alpha value is -2.30. The quantitative estimate of drug-likeness (QED) is 0.862. The lowest BCUT2D eigenvalue weighted by Crippen LogP contribution is -2.48. The Kier molecular flexibility index (Phi) is 5.18. The molecule has 1 aromatic carbocycles. The van der Waals surface area contributed by atoms with Gasteiger partial charge in [-0.05, 0) is 55.5 Å². The summed E-state index contributed by atoms with van der Waals surface area (Å²) in [6, 6.07) is 5.40. The first-order chi connectivity index (χ1) is 11.6. The van der Waals surface area contributed by atoms with Crippen LogP contribution >= 0.6 is 0 Å². The number of rotatable bonds is 4. The second-order valence-corrected chi connectivity index (χ2v) is 6.42. The van der Waals surface area contributed by atoms with Gasteiger partial charge in [-0.15, -0.1) is 0 Å². The van der Waals surface area contributed by atoms with E-state index in [-0.39, 0.29) is 11.8 Å². The van der Waals surface area contributed by atoms with Gasteiger partial charge < -0.3 is 15.0 Å². The van der Waals surface area contributed by atoms with Gasteiger partial charge in [0.05, 0.1) is 6.61 Å². The summed E-state index contributed by atoms with van der Waals surface area (Å²) in [6.07, 6.45) is 7.44. The summed E-state index contributed by atoms with van der Waals surface area (Å²) < 4.78 is 5.47. The standard InChI is InChI=1S/C19H24N2O3/c1-14(19(23)21-10-3-2-4-11-21)20-18(22)8-6-15-5-7-17-16(13-15)9-12-24-17/h5-8,13-14H,2-4,9-12H2,1H3,(H,20,22)/t14-/m0/s1. The van der Waals surface area contributed by atoms with Gasteiger partial charge in [-0.1, -0.05) is 6.07 Å². The molecule has 5 heteroatoms. The highest BCUT2D eigenvalue weighted by Crippen LogP contribution is 2.26. The van der Waals surface area contributed by atoms with Gasteiger partial charge in [-0.25, -0.2) is 0 Å². The van der Waals surface area contributed by atoms with Crippen molar-refractivity contribution < 1.29 is 14.3 Å². The van der Waals surface area contributed by atoms with Crippen LogP contribution in [0.4, 0.5) is 0 Å². The fraction of sp³-hybridized carbons (Fsp3) is 0.474. The molecule has 2 heterocycles. The second kappa shape index (κ2) is 7.51. The predicted molar refractivity (Wildman–Crippen MR) is 92.7 cm³/mol. The Labute approximate surface area is 142 Å². The molecule has 2 aliphatic heterocycles. The fourth-order valence-corrected chi connectivity index (χ4v) is 3.19. The van der Waals surface area contributed by atoms with Crippen LogP contribution in [0, 0.1) is 0 Å². The number of carbonyl (C=O) groups is 2. The summed E-state index contributed by atoms with van der Waals surface area (Å²) in [5.41, 5.74) is 2.13. The van der Waals surface area contributed by atoms with Gasteiger partial charge in [0.25, 0.3) is 0 Å². The number of likely N-dealkylation sites (tertiary alicyclic amines) is 1. The number of piperidine rings is 1. The number of fused-ring (bicyclic) bond motifs is 1. The van der Waals surface area contributed by atoms with Gasteiger partial charge in [0.15, 0.2) is 0 Å². The third-order valence-electron chi connectivity index (χ3n) is 4.54. The molecule has 2 aliphatic rings. The molecule has 1 aromatic rings. The SMILES string of the molecule is C[C@H](NC(=O)C=Cc1ccc2c(c1)CCO2)C(=O)N1CCCCC1. The van der Waals surface area contributed by atoms with Gasteiger partial charge in [0.2, 0.25) is 11.8 Å². The van der Waals surface area contributed by atoms with Gasteiger partial charge in [0.1, 0.15) is 11.8 Å². The van der Waals surface area contributed by atoms with Crippen molar-refractivity contribution in [3.05, 3.63) is 35.4 Å². The van der Waals surface area contributed by atoms with E-state index in [4.69, 9.17) is 4.74 Å². The molecule has 0 bridgehead atoms. The van der Waals surface area contributed by atoms with E-state index in [1.54, 1.807) is 13.0 Å². The Morgan fingerprint density at radius 1 is 1.25 bits per heavy atom. The van der Waals surface area contributed by atoms with E-state index < -0.39 is 6.04 Å². The van der Waals surface area contributed by atoms with Crippen LogP contribution in [0.3, 0.4) is 0 Å². The number of amides is 2. The third-order valence-corrected chi connectivity index (χ3v) is 4.54. The van der Waals surface area contributed by atoms with Crippen molar-refractivity contribution in [3.63, 3.8) is 0 Å². The zero-order valence-corrected chi connectivity index (χ0v) is 14.1. The molecule has 0 aromatic heterocycles. The lowest BCUT2D eigenvalue weighted by atomic mass is 10.1. The average Bonchev–Trinajstić information content (AvgIpc) is 3.07. The number of nitrogens with zero attached hydrogens (tertiary/aromatic N) is 1. The minimum absolute atomic E-state index is 0.00568. The molecule has 0 aliphatic carbocycles. The minimum atomic E-state index is -0.492. The first-order valence-corrected chi connectivity index (χ1v) is 8.66. The van der Waals surface area contributed by atoms with Gasteiger partial charge in [-0.2, -0.15) is 0 Å². The number of hydrogen-bond donors (Lipinski definition) is 1. The molecule has 1 fully saturated rings. The van der Waals surface area contributed by atoms with Crippen LogP contribution in [-0.2, 0) is 16.0 Å². The topological polar surface area (TPSA) is 58.6 Å². The van der Waals surface area contributed by atoms with E-state index in [2.05, 4.69) is 5.32 Å². The van der Waals surface area contributed by atoms with Gasteiger partial charge in [-0.3, -0.25) is 9.59 Å². The molecule has 0 radical (unpaired) electrons. The maximum absolute atomic E-state index is 12.3. The number of nitrogens with one attached hydrogen (secondary N) is 1. The Balaban J connectivity index is 1.53. The molecule has 0 saturated carbocycles. The fourth-order valence-electron chi connectivity index (χ4n) is 3.19. The maximum atomic E-state index is 12.3. The van der Waals surface area contributed by atoms with Crippen LogP contribution in [-0.4, -0.2) is 42.5 Å². The van der Waals surface area contributed by atoms with Crippen molar-refractivity contribution >= 4 is 17.9 Å². The molecule has 24 heavy (non-hydrogen) atoms. The Morgan fingerprint density at radius 2 is 2.04 bits per heavy atom. The molecule has 5 nitrogen and oxygen atoms in total. The molecule has 1 atom stereocenters. The highest BCUT2D eigenvalue weighted by Gasteiger charge is 2.22. The first kappa shape index (κ1) is 16.6. The van der Waals surface area contributed by atoms with E-state index in [1.807, 2.05) is 23.1 Å². The lowest BCUT2D eigenvalue weighted by Gasteiger charge is -2.29. The van der Waals surface area contributed by atoms with Crippen LogP contribution in [0.15, 0.2) is 24.3 Å². The monoisotopic (exact) mass is 328 g/mol. The van der Waals surface area contributed by atoms with Crippen LogP contribution < -0.4 is 10.1 Å². The van der Waals surface area contributed by atoms with E-state index in [0.29, 0.717) is 0 Å². The van der Waals surface area contributed by atoms with Crippen molar-refractivity contribution in [1.29, 1.82) is 0 Å². The van der Waals surface area contributed by atoms with E-state index >= 15 is 0 Å². The van der Waals surface area contributed by atoms with Crippen molar-refractivity contribution in [3.8, 4) is 5.75 Å². The second-order valence-electron chi connectivity index (χ2n) is 6.42. The molecule has 3 rings (SSSR count). The highest BCUT2D eigenvalue weighted by molar-refractivity contribution is 5.95. The molecule has 2 amide bonds. The van der Waals surface area contributed by atoms with Crippen molar-refractivity contribution in [2.45, 2.75) is 38.6 Å². The molecular formula is C19H24N2O3. The van der Waals surface area contributed by atoms with E-state index in [9.17, 15) is 9.59 Å². The normalized spacial score (nSPS) is 18.1. The predicted octanol–water partition coefficient (Wildman–Crippen LogP) is 2.15. The summed E-state index contributed by atoms with van der Waals surface area (Å²) in [6.45, 7) is 4.06. The number of carbonyl (C=O) groups excluding carboxylic acids is 2. The summed E-state index contributed by atoms with van der Waals surface area (Å²) in [5.74, 6) is 0.688. The van der Waals surface area contributed by atoms with E-state index in [0.717, 1.165) is 50.3 Å². The molecule has 0 spiro atoms. The average molecular weight is 328 g/mol. The van der Waals surface area contributed by atoms with Crippen molar-refractivity contribution in [2.75, 3.05) is 19.7 Å². The summed E-state index contributed by atoms with van der Waals surface area (Å²) in [4.78, 5) is 26.2. The largest absolute Gasteiger partial charge is 0.493 e.